The number of sulfonamides is 1. The number of benzene rings is 1. The highest BCUT2D eigenvalue weighted by molar-refractivity contribution is 7.89. The highest BCUT2D eigenvalue weighted by atomic mass is 32.2. The molecule has 0 saturated carbocycles. The molecule has 2 aliphatic rings. The molecule has 5 nitrogen and oxygen atoms in total. The number of halogens is 2. The van der Waals surface area contributed by atoms with Gasteiger partial charge in [0, 0.05) is 19.1 Å². The van der Waals surface area contributed by atoms with Crippen LogP contribution in [0.5, 0.6) is 0 Å². The van der Waals surface area contributed by atoms with Gasteiger partial charge in [-0.3, -0.25) is 4.68 Å². The first-order valence-electron chi connectivity index (χ1n) is 9.20. The molecule has 8 heteroatoms. The van der Waals surface area contributed by atoms with Crippen molar-refractivity contribution in [3.63, 3.8) is 0 Å². The van der Waals surface area contributed by atoms with Gasteiger partial charge in [-0.25, -0.2) is 17.2 Å². The van der Waals surface area contributed by atoms with Crippen LogP contribution < -0.4 is 0 Å². The second kappa shape index (κ2) is 6.67. The lowest BCUT2D eigenvalue weighted by atomic mass is 9.86. The quantitative estimate of drug-likeness (QED) is 0.792. The molecule has 0 spiro atoms. The van der Waals surface area contributed by atoms with E-state index in [4.69, 9.17) is 0 Å². The zero-order valence-corrected chi connectivity index (χ0v) is 16.2. The Balaban J connectivity index is 1.69. The van der Waals surface area contributed by atoms with E-state index in [0.717, 1.165) is 30.4 Å². The Bertz CT molecular complexity index is 929. The van der Waals surface area contributed by atoms with Crippen molar-refractivity contribution in [1.82, 2.24) is 14.1 Å². The van der Waals surface area contributed by atoms with Gasteiger partial charge in [-0.05, 0) is 44.1 Å². The van der Waals surface area contributed by atoms with Crippen molar-refractivity contribution >= 4 is 10.0 Å². The molecule has 3 atom stereocenters. The molecule has 1 unspecified atom stereocenters. The number of piperidine rings is 1. The van der Waals surface area contributed by atoms with Crippen LogP contribution in [0.1, 0.15) is 54.8 Å². The molecular formula is C19H23F2N3O2S. The summed E-state index contributed by atoms with van der Waals surface area (Å²) < 4.78 is 56.5. The summed E-state index contributed by atoms with van der Waals surface area (Å²) in [5.74, 6) is 0.304. The molecule has 2 saturated heterocycles. The van der Waals surface area contributed by atoms with E-state index in [1.54, 1.807) is 0 Å². The Hall–Kier alpha value is -1.80. The summed E-state index contributed by atoms with van der Waals surface area (Å²) in [4.78, 5) is 0. The summed E-state index contributed by atoms with van der Waals surface area (Å²) >= 11 is 0. The smallest absolute Gasteiger partial charge is 0.255 e. The van der Waals surface area contributed by atoms with E-state index in [9.17, 15) is 17.2 Å². The van der Waals surface area contributed by atoms with Crippen molar-refractivity contribution in [2.45, 2.75) is 62.1 Å². The highest BCUT2D eigenvalue weighted by Crippen LogP contribution is 2.46. The van der Waals surface area contributed by atoms with E-state index in [1.165, 1.54) is 23.8 Å². The van der Waals surface area contributed by atoms with Gasteiger partial charge in [0.25, 0.3) is 16.4 Å². The summed E-state index contributed by atoms with van der Waals surface area (Å²) in [5.41, 5.74) is 0.816. The Kier molecular flexibility index (Phi) is 4.58. The first-order valence-corrected chi connectivity index (χ1v) is 10.6. The average Bonchev–Trinajstić information content (AvgIpc) is 3.09. The zero-order valence-electron chi connectivity index (χ0n) is 15.3. The largest absolute Gasteiger partial charge is 0.268 e. The predicted molar refractivity (Wildman–Crippen MR) is 97.2 cm³/mol. The molecule has 0 radical (unpaired) electrons. The average molecular weight is 395 g/mol. The maximum absolute atomic E-state index is 13.6. The lowest BCUT2D eigenvalue weighted by molar-refractivity contribution is 0.146. The highest BCUT2D eigenvalue weighted by Gasteiger charge is 2.49. The first-order chi connectivity index (χ1) is 12.8. The van der Waals surface area contributed by atoms with E-state index in [2.05, 4.69) is 17.2 Å². The van der Waals surface area contributed by atoms with Gasteiger partial charge in [0.15, 0.2) is 5.03 Å². The molecule has 2 aromatic rings. The van der Waals surface area contributed by atoms with Gasteiger partial charge in [-0.15, -0.1) is 0 Å². The summed E-state index contributed by atoms with van der Waals surface area (Å²) in [5, 5.41) is 3.60. The van der Waals surface area contributed by atoms with Crippen LogP contribution in [0.15, 0.2) is 35.4 Å². The number of hydrogen-bond acceptors (Lipinski definition) is 3. The SMILES string of the molecule is Cc1nn(C)c(S(=O)(=O)N2[C@@H]3CC[C@H]2CC(c2ccccc2)C3)c1C(F)F. The Labute approximate surface area is 158 Å². The summed E-state index contributed by atoms with van der Waals surface area (Å²) in [7, 11) is -2.61. The summed E-state index contributed by atoms with van der Waals surface area (Å²) in [6.07, 6.45) is 0.117. The zero-order chi connectivity index (χ0) is 19.3. The maximum Gasteiger partial charge on any atom is 0.268 e. The molecule has 1 aromatic carbocycles. The number of alkyl halides is 2. The number of fused-ring (bicyclic) bond motifs is 2. The minimum atomic E-state index is -4.04. The van der Waals surface area contributed by atoms with Crippen LogP contribution in [0, 0.1) is 6.92 Å². The maximum atomic E-state index is 13.6. The lowest BCUT2D eigenvalue weighted by Crippen LogP contribution is -2.46. The fourth-order valence-electron chi connectivity index (χ4n) is 4.83. The van der Waals surface area contributed by atoms with E-state index in [1.807, 2.05) is 18.2 Å². The monoisotopic (exact) mass is 395 g/mol. The number of rotatable bonds is 4. The van der Waals surface area contributed by atoms with Gasteiger partial charge in [-0.2, -0.15) is 9.40 Å². The molecule has 2 aliphatic heterocycles. The van der Waals surface area contributed by atoms with Crippen molar-refractivity contribution in [3.8, 4) is 0 Å². The van der Waals surface area contributed by atoms with Crippen molar-refractivity contribution < 1.29 is 17.2 Å². The fourth-order valence-corrected chi connectivity index (χ4v) is 7.09. The van der Waals surface area contributed by atoms with Crippen LogP contribution in [0.4, 0.5) is 8.78 Å². The molecule has 27 heavy (non-hydrogen) atoms. The molecular weight excluding hydrogens is 372 g/mol. The minimum absolute atomic E-state index is 0.0672. The van der Waals surface area contributed by atoms with Gasteiger partial charge < -0.3 is 0 Å². The van der Waals surface area contributed by atoms with Crippen molar-refractivity contribution in [2.24, 2.45) is 7.05 Å². The normalized spacial score (nSPS) is 26.0. The van der Waals surface area contributed by atoms with E-state index in [-0.39, 0.29) is 22.8 Å². The number of aromatic nitrogens is 2. The summed E-state index contributed by atoms with van der Waals surface area (Å²) in [6, 6.07) is 9.80. The van der Waals surface area contributed by atoms with Gasteiger partial charge >= 0.3 is 0 Å². The van der Waals surface area contributed by atoms with Crippen molar-refractivity contribution in [1.29, 1.82) is 0 Å². The van der Waals surface area contributed by atoms with E-state index < -0.39 is 22.0 Å². The molecule has 0 N–H and O–H groups in total. The second-order valence-corrected chi connectivity index (χ2v) is 9.29. The van der Waals surface area contributed by atoms with Crippen LogP contribution in [-0.4, -0.2) is 34.6 Å². The molecule has 2 bridgehead atoms. The van der Waals surface area contributed by atoms with Crippen LogP contribution in [0.3, 0.4) is 0 Å². The molecule has 0 amide bonds. The Morgan fingerprint density at radius 2 is 1.70 bits per heavy atom. The predicted octanol–water partition coefficient (Wildman–Crippen LogP) is 3.77. The molecule has 0 aliphatic carbocycles. The van der Waals surface area contributed by atoms with Crippen LogP contribution in [-0.2, 0) is 17.1 Å². The van der Waals surface area contributed by atoms with Gasteiger partial charge in [0.05, 0.1) is 11.3 Å². The van der Waals surface area contributed by atoms with Crippen molar-refractivity contribution in [3.05, 3.63) is 47.2 Å². The Morgan fingerprint density at radius 1 is 1.11 bits per heavy atom. The molecule has 1 aromatic heterocycles. The number of nitrogens with zero attached hydrogens (tertiary/aromatic N) is 3. The molecule has 4 rings (SSSR count). The lowest BCUT2D eigenvalue weighted by Gasteiger charge is -2.38. The second-order valence-electron chi connectivity index (χ2n) is 7.53. The van der Waals surface area contributed by atoms with E-state index in [0.29, 0.717) is 5.92 Å². The Morgan fingerprint density at radius 3 is 2.26 bits per heavy atom. The van der Waals surface area contributed by atoms with Gasteiger partial charge in [0.2, 0.25) is 0 Å². The fraction of sp³-hybridized carbons (Fsp3) is 0.526. The van der Waals surface area contributed by atoms with Gasteiger partial charge in [0.1, 0.15) is 0 Å². The van der Waals surface area contributed by atoms with Crippen LogP contribution in [0.2, 0.25) is 0 Å². The minimum Gasteiger partial charge on any atom is -0.255 e. The summed E-state index contributed by atoms with van der Waals surface area (Å²) in [6.45, 7) is 1.43. The molecule has 2 fully saturated rings. The third kappa shape index (κ3) is 2.99. The first kappa shape index (κ1) is 18.6. The van der Waals surface area contributed by atoms with Gasteiger partial charge in [-0.1, -0.05) is 30.3 Å². The third-order valence-electron chi connectivity index (χ3n) is 5.89. The van der Waals surface area contributed by atoms with Crippen LogP contribution in [0.25, 0.3) is 0 Å². The van der Waals surface area contributed by atoms with E-state index >= 15 is 0 Å². The molecule has 3 heterocycles. The number of hydrogen-bond donors (Lipinski definition) is 0. The number of aryl methyl sites for hydroxylation is 2. The third-order valence-corrected chi connectivity index (χ3v) is 8.02. The van der Waals surface area contributed by atoms with Crippen molar-refractivity contribution in [2.75, 3.05) is 0 Å². The topological polar surface area (TPSA) is 55.2 Å². The standard InChI is InChI=1S/C19H23F2N3O2S/c1-12-17(18(20)21)19(23(2)22-12)27(25,26)24-15-8-9-16(24)11-14(10-15)13-6-4-3-5-7-13/h3-7,14-16,18H,8-11H2,1-2H3/t14?,15-,16+. The van der Waals surface area contributed by atoms with Crippen LogP contribution >= 0.6 is 0 Å². The molecule has 146 valence electrons.